The molecule has 0 bridgehead atoms. The molecule has 0 aliphatic carbocycles. The Balaban J connectivity index is 0.000000126. The lowest BCUT2D eigenvalue weighted by Crippen LogP contribution is -2.37. The number of ether oxygens (including phenoxy) is 4. The van der Waals surface area contributed by atoms with Gasteiger partial charge in [-0.15, -0.1) is 0 Å². The van der Waals surface area contributed by atoms with Crippen LogP contribution in [-0.4, -0.2) is 185 Å². The highest BCUT2D eigenvalue weighted by molar-refractivity contribution is 6.39. The van der Waals surface area contributed by atoms with Crippen LogP contribution in [0.4, 0.5) is 86.6 Å². The molecule has 4 aliphatic rings. The van der Waals surface area contributed by atoms with E-state index in [0.29, 0.717) is 195 Å². The van der Waals surface area contributed by atoms with Crippen molar-refractivity contribution in [2.75, 3.05) is 148 Å². The Morgan fingerprint density at radius 1 is 0.349 bits per heavy atom. The molecule has 16 rings (SSSR count). The van der Waals surface area contributed by atoms with E-state index < -0.39 is 46.5 Å². The summed E-state index contributed by atoms with van der Waals surface area (Å²) >= 11 is 18.7. The normalized spacial score (nSPS) is 15.1. The molecule has 40 heteroatoms. The van der Waals surface area contributed by atoms with Crippen LogP contribution in [0.3, 0.4) is 0 Å². The molecule has 8 N–H and O–H groups in total. The Morgan fingerprint density at radius 3 is 1.04 bits per heavy atom. The van der Waals surface area contributed by atoms with Gasteiger partial charge in [-0.3, -0.25) is 0 Å². The summed E-state index contributed by atoms with van der Waals surface area (Å²) < 4.78 is 141. The third-order valence-electron chi connectivity index (χ3n) is 16.4. The van der Waals surface area contributed by atoms with Gasteiger partial charge in [0.1, 0.15) is 17.5 Å². The number of hydrogen-bond acceptors (Lipinski definition) is 28. The summed E-state index contributed by atoms with van der Waals surface area (Å²) in [5.41, 5.74) is 24.9. The minimum Gasteiger partial charge on any atom is -0.378 e. The molecule has 28 nitrogen and oxygen atoms in total. The number of alkyl halides is 6. The van der Waals surface area contributed by atoms with Crippen molar-refractivity contribution < 1.29 is 58.5 Å². The number of nitrogens with two attached hydrogens (primary N) is 4. The molecule has 12 heterocycles. The lowest BCUT2D eigenvalue weighted by molar-refractivity contribution is -0.142. The van der Waals surface area contributed by atoms with Gasteiger partial charge >= 0.3 is 12.4 Å². The fourth-order valence-electron chi connectivity index (χ4n) is 11.4. The smallest absolute Gasteiger partial charge is 0.378 e. The number of hydrogen-bond donors (Lipinski definition) is 4. The van der Waals surface area contributed by atoms with Gasteiger partial charge in [0.15, 0.2) is 67.9 Å². The molecule has 4 saturated heterocycles. The van der Waals surface area contributed by atoms with Crippen LogP contribution in [0.25, 0.3) is 89.7 Å². The number of nitrogen functional groups attached to an aromatic ring is 4. The molecule has 12 aromatic rings. The molecule has 0 amide bonds. The van der Waals surface area contributed by atoms with E-state index >= 15 is 0 Å². The highest BCUT2D eigenvalue weighted by Gasteiger charge is 2.39. The van der Waals surface area contributed by atoms with E-state index in [1.165, 1.54) is 36.7 Å². The van der Waals surface area contributed by atoms with Crippen molar-refractivity contribution in [3.63, 3.8) is 0 Å². The van der Waals surface area contributed by atoms with Crippen molar-refractivity contribution in [2.24, 2.45) is 0 Å². The third kappa shape index (κ3) is 16.6. The van der Waals surface area contributed by atoms with Gasteiger partial charge in [-0.05, 0) is 54.6 Å². The number of fused-ring (bicyclic) bond motifs is 4. The average molecular weight is 1530 g/mol. The molecular weight excluding hydrogens is 1470 g/mol. The Kier molecular flexibility index (Phi) is 21.7. The maximum atomic E-state index is 14.1. The van der Waals surface area contributed by atoms with E-state index in [1.807, 2.05) is 9.80 Å². The lowest BCUT2D eigenvalue weighted by atomic mass is 10.0. The first-order valence-electron chi connectivity index (χ1n) is 32.1. The maximum Gasteiger partial charge on any atom is 0.417 e. The summed E-state index contributed by atoms with van der Waals surface area (Å²) in [4.78, 5) is 76.3. The van der Waals surface area contributed by atoms with Crippen molar-refractivity contribution in [3.05, 3.63) is 141 Å². The van der Waals surface area contributed by atoms with E-state index in [9.17, 15) is 39.5 Å². The highest BCUT2D eigenvalue weighted by Crippen LogP contribution is 2.42. The zero-order chi connectivity index (χ0) is 74.6. The van der Waals surface area contributed by atoms with E-state index in [4.69, 9.17) is 76.7 Å². The third-order valence-corrected chi connectivity index (χ3v) is 17.4. The second-order valence-electron chi connectivity index (χ2n) is 23.3. The van der Waals surface area contributed by atoms with Crippen molar-refractivity contribution in [1.29, 1.82) is 0 Å². The second-order valence-corrected chi connectivity index (χ2v) is 24.6. The number of halogens is 12. The molecule has 0 atom stereocenters. The van der Waals surface area contributed by atoms with Crippen molar-refractivity contribution in [2.45, 2.75) is 12.4 Å². The van der Waals surface area contributed by atoms with Crippen molar-refractivity contribution >= 4 is 127 Å². The summed E-state index contributed by atoms with van der Waals surface area (Å²) in [5.74, 6) is 0.559. The van der Waals surface area contributed by atoms with Crippen LogP contribution in [0.5, 0.6) is 0 Å². The van der Waals surface area contributed by atoms with Crippen LogP contribution < -0.4 is 42.5 Å². The van der Waals surface area contributed by atoms with Gasteiger partial charge in [0.25, 0.3) is 0 Å². The SMILES string of the molecule is Nc1nc(N2CCOCC2)c2nc(-c3c(Cl)cccc3Cl)cnc2n1.Nc1nc(N2CCOCC2)c2nc(-c3ccc(C(F)(F)F)cc3C(F)(F)F)cnc2n1.Nc1nc(N2CCOCC2)c2nc(-c3ccc(F)cc3Cl)cnc2n1.Nc1nc(N2CCOCC2)c2nc(-c3ccc(F)cc3F)cnc2n1. The van der Waals surface area contributed by atoms with E-state index in [-0.39, 0.29) is 68.8 Å². The van der Waals surface area contributed by atoms with Gasteiger partial charge in [0.2, 0.25) is 23.8 Å². The van der Waals surface area contributed by atoms with Crippen LogP contribution in [0.1, 0.15) is 11.1 Å². The van der Waals surface area contributed by atoms with Crippen molar-refractivity contribution in [3.8, 4) is 45.0 Å². The summed E-state index contributed by atoms with van der Waals surface area (Å²) in [6, 6.07) is 14.1. The number of anilines is 8. The monoisotopic (exact) mass is 1520 g/mol. The lowest BCUT2D eigenvalue weighted by Gasteiger charge is -2.28. The van der Waals surface area contributed by atoms with Crippen LogP contribution in [0.15, 0.2) is 97.6 Å². The molecule has 106 heavy (non-hydrogen) atoms. The number of nitrogens with zero attached hydrogens (tertiary/aromatic N) is 20. The molecule has 0 unspecified atom stereocenters. The Morgan fingerprint density at radius 2 is 0.679 bits per heavy atom. The van der Waals surface area contributed by atoms with E-state index in [0.717, 1.165) is 18.3 Å². The number of morpholine rings is 4. The maximum absolute atomic E-state index is 14.1. The molecule has 4 aliphatic heterocycles. The fourth-order valence-corrected chi connectivity index (χ4v) is 12.3. The first-order valence-corrected chi connectivity index (χ1v) is 33.2. The molecular formula is C66H56Cl3F9N24O4. The topological polar surface area (TPSA) is 360 Å². The first kappa shape index (κ1) is 73.4. The Labute approximate surface area is 608 Å². The van der Waals surface area contributed by atoms with Gasteiger partial charge in [-0.1, -0.05) is 46.9 Å². The minimum absolute atomic E-state index is 0.0539. The highest BCUT2D eigenvalue weighted by atomic mass is 35.5. The van der Waals surface area contributed by atoms with Gasteiger partial charge in [0, 0.05) is 80.7 Å². The molecule has 0 saturated carbocycles. The predicted octanol–water partition coefficient (Wildman–Crippen LogP) is 10.4. The Hall–Kier alpha value is -11.0. The molecule has 548 valence electrons. The molecule has 0 spiro atoms. The Bertz CT molecular complexity index is 5080. The van der Waals surface area contributed by atoms with Gasteiger partial charge in [0.05, 0.1) is 127 Å². The van der Waals surface area contributed by atoms with E-state index in [1.54, 1.807) is 35.4 Å². The average Bonchev–Trinajstić information content (AvgIpc) is 0.778. The number of benzene rings is 4. The number of aromatic nitrogens is 16. The zero-order valence-corrected chi connectivity index (χ0v) is 57.2. The van der Waals surface area contributed by atoms with Crippen LogP contribution >= 0.6 is 34.8 Å². The number of rotatable bonds is 8. The second kappa shape index (κ2) is 31.4. The molecule has 0 radical (unpaired) electrons. The quantitative estimate of drug-likeness (QED) is 0.103. The summed E-state index contributed by atoms with van der Waals surface area (Å²) in [6.45, 7) is 9.23. The van der Waals surface area contributed by atoms with Crippen LogP contribution in [-0.2, 0) is 31.3 Å². The van der Waals surface area contributed by atoms with Crippen LogP contribution in [0, 0.1) is 17.5 Å². The largest absolute Gasteiger partial charge is 0.417 e. The van der Waals surface area contributed by atoms with Gasteiger partial charge < -0.3 is 61.5 Å². The van der Waals surface area contributed by atoms with E-state index in [2.05, 4.69) is 84.6 Å². The zero-order valence-electron chi connectivity index (χ0n) is 55.0. The van der Waals surface area contributed by atoms with Crippen LogP contribution in [0.2, 0.25) is 15.1 Å². The first-order chi connectivity index (χ1) is 50.9. The molecule has 8 aromatic heterocycles. The van der Waals surface area contributed by atoms with Gasteiger partial charge in [-0.25, -0.2) is 53.0 Å². The summed E-state index contributed by atoms with van der Waals surface area (Å²) in [7, 11) is 0. The van der Waals surface area contributed by atoms with Gasteiger partial charge in [-0.2, -0.15) is 66.2 Å². The summed E-state index contributed by atoms with van der Waals surface area (Å²) in [5, 5.41) is 1.27. The minimum atomic E-state index is -5.04. The predicted molar refractivity (Wildman–Crippen MR) is 377 cm³/mol. The molecule has 4 aromatic carbocycles. The van der Waals surface area contributed by atoms with Crippen molar-refractivity contribution in [1.82, 2.24) is 79.7 Å². The standard InChI is InChI=1S/C18H14F6N6O.C16H14Cl2N6O.C16H14ClFN6O.C16H14F2N6O/c19-17(20,21)9-1-2-10(11(7-9)18(22,23)24)12-8-26-14-13(27-12)15(29-16(25)28-14)30-3-5-31-6-4-30;17-9-2-1-3-10(18)12(9)11-8-20-14-13(21-11)15(23-16(19)22-14)24-4-6-25-7-5-24;17-11-7-9(18)1-2-10(11)12-8-20-14-13(21-12)15(23-16(19)22-14)24-3-5-25-6-4-24;17-9-1-2-10(11(18)7-9)12-8-20-14-13(21-12)15(23-16(19)22-14)24-3-5-25-6-4-24/h1-2,7-8H,3-6H2,(H2,25,26,28,29);1-3,8H,4-7H2,(H2,19,20,22,23);2*1-2,7-8H,3-6H2,(H2,19,20,22,23). The molecule has 4 fully saturated rings. The summed E-state index contributed by atoms with van der Waals surface area (Å²) in [6.07, 6.45) is -4.45. The fraction of sp³-hybridized carbons (Fsp3) is 0.273.